The van der Waals surface area contributed by atoms with E-state index < -0.39 is 11.5 Å². The van der Waals surface area contributed by atoms with Crippen molar-refractivity contribution >= 4 is 0 Å². The molecule has 0 aliphatic carbocycles. The van der Waals surface area contributed by atoms with Crippen molar-refractivity contribution in [2.24, 2.45) is 0 Å². The lowest BCUT2D eigenvalue weighted by Gasteiger charge is -2.32. The third-order valence-corrected chi connectivity index (χ3v) is 2.55. The van der Waals surface area contributed by atoms with E-state index in [4.69, 9.17) is 5.26 Å². The fraction of sp³-hybridized carbons (Fsp3) is 0.700. The summed E-state index contributed by atoms with van der Waals surface area (Å²) in [6.07, 6.45) is 2.92. The second-order valence-corrected chi connectivity index (χ2v) is 4.14. The summed E-state index contributed by atoms with van der Waals surface area (Å²) in [5, 5.41) is 8.37. The van der Waals surface area contributed by atoms with Crippen LogP contribution < -0.4 is 0 Å². The average Bonchev–Trinajstić information content (AvgIpc) is 2.43. The molecule has 0 saturated carbocycles. The van der Waals surface area contributed by atoms with E-state index in [0.29, 0.717) is 6.54 Å². The number of nitrogens with zero attached hydrogens (tertiary/aromatic N) is 2. The van der Waals surface area contributed by atoms with Crippen LogP contribution in [-0.2, 0) is 0 Å². The predicted octanol–water partition coefficient (Wildman–Crippen LogP) is 2.19. The van der Waals surface area contributed by atoms with Crippen LogP contribution in [-0.4, -0.2) is 29.5 Å². The normalized spacial score (nSPS) is 22.8. The molecule has 0 aromatic heterocycles. The van der Waals surface area contributed by atoms with E-state index in [9.17, 15) is 8.78 Å². The number of rotatable bonds is 2. The first-order valence-electron chi connectivity index (χ1n) is 4.58. The Balaban J connectivity index is 2.67. The second kappa shape index (κ2) is 3.66. The summed E-state index contributed by atoms with van der Waals surface area (Å²) < 4.78 is 25.8. The zero-order valence-corrected chi connectivity index (χ0v) is 8.43. The number of alkyl halides is 2. The van der Waals surface area contributed by atoms with Gasteiger partial charge in [0.05, 0.1) is 12.6 Å². The maximum atomic E-state index is 12.9. The van der Waals surface area contributed by atoms with E-state index in [1.54, 1.807) is 11.0 Å². The zero-order chi connectivity index (χ0) is 10.8. The summed E-state index contributed by atoms with van der Waals surface area (Å²) >= 11 is 0. The van der Waals surface area contributed by atoms with Gasteiger partial charge in [0.15, 0.2) is 0 Å². The zero-order valence-electron chi connectivity index (χ0n) is 8.43. The van der Waals surface area contributed by atoms with E-state index >= 15 is 0 Å². The highest BCUT2D eigenvalue weighted by Gasteiger charge is 2.42. The molecule has 78 valence electrons. The Hall–Kier alpha value is -0.950. The summed E-state index contributed by atoms with van der Waals surface area (Å²) in [6, 6.07) is 1.87. The van der Waals surface area contributed by atoms with Gasteiger partial charge in [-0.05, 0) is 13.8 Å². The average molecular weight is 200 g/mol. The molecule has 1 saturated heterocycles. The molecule has 0 aromatic rings. The molecule has 1 heterocycles. The number of nitriles is 1. The molecular formula is C10H14F2N2. The SMILES string of the molecule is CC(C)(C=CC#N)N1CCC(F)(F)C1. The van der Waals surface area contributed by atoms with E-state index in [1.807, 2.05) is 19.9 Å². The molecule has 4 heteroatoms. The van der Waals surface area contributed by atoms with Gasteiger partial charge >= 0.3 is 0 Å². The van der Waals surface area contributed by atoms with Crippen molar-refractivity contribution in [1.82, 2.24) is 4.90 Å². The second-order valence-electron chi connectivity index (χ2n) is 4.14. The highest BCUT2D eigenvalue weighted by Crippen LogP contribution is 2.32. The third kappa shape index (κ3) is 2.52. The molecular weight excluding hydrogens is 186 g/mol. The van der Waals surface area contributed by atoms with Crippen LogP contribution in [0.15, 0.2) is 12.2 Å². The van der Waals surface area contributed by atoms with Crippen LogP contribution in [0.25, 0.3) is 0 Å². The predicted molar refractivity (Wildman–Crippen MR) is 50.0 cm³/mol. The molecule has 0 N–H and O–H groups in total. The monoisotopic (exact) mass is 200 g/mol. The Morgan fingerprint density at radius 2 is 2.14 bits per heavy atom. The Morgan fingerprint density at radius 3 is 2.57 bits per heavy atom. The first kappa shape index (κ1) is 11.1. The van der Waals surface area contributed by atoms with Crippen LogP contribution in [0.4, 0.5) is 8.78 Å². The highest BCUT2D eigenvalue weighted by molar-refractivity contribution is 5.12. The standard InChI is InChI=1S/C10H14F2N2/c1-9(2,4-3-6-13)14-7-5-10(11,12)8-14/h3-4H,5,7-8H2,1-2H3. The van der Waals surface area contributed by atoms with Gasteiger partial charge in [-0.2, -0.15) is 5.26 Å². The van der Waals surface area contributed by atoms with Crippen molar-refractivity contribution < 1.29 is 8.78 Å². The third-order valence-electron chi connectivity index (χ3n) is 2.55. The lowest BCUT2D eigenvalue weighted by Crippen LogP contribution is -2.41. The maximum absolute atomic E-state index is 12.9. The molecule has 0 amide bonds. The van der Waals surface area contributed by atoms with Gasteiger partial charge in [-0.15, -0.1) is 0 Å². The molecule has 0 atom stereocenters. The Labute approximate surface area is 82.8 Å². The summed E-state index contributed by atoms with van der Waals surface area (Å²) in [7, 11) is 0. The van der Waals surface area contributed by atoms with Gasteiger partial charge in [0, 0.05) is 24.6 Å². The lowest BCUT2D eigenvalue weighted by atomic mass is 10.0. The minimum Gasteiger partial charge on any atom is -0.289 e. The van der Waals surface area contributed by atoms with E-state index in [1.165, 1.54) is 6.08 Å². The van der Waals surface area contributed by atoms with E-state index in [-0.39, 0.29) is 13.0 Å². The summed E-state index contributed by atoms with van der Waals surface area (Å²) in [5.74, 6) is -2.57. The van der Waals surface area contributed by atoms with Crippen molar-refractivity contribution in [1.29, 1.82) is 5.26 Å². The van der Waals surface area contributed by atoms with Crippen molar-refractivity contribution in [3.8, 4) is 6.07 Å². The number of likely N-dealkylation sites (tertiary alicyclic amines) is 1. The molecule has 14 heavy (non-hydrogen) atoms. The van der Waals surface area contributed by atoms with Gasteiger partial charge in [0.1, 0.15) is 0 Å². The number of allylic oxidation sites excluding steroid dienone is 1. The number of hydrogen-bond donors (Lipinski definition) is 0. The molecule has 1 aliphatic heterocycles. The Kier molecular flexibility index (Phi) is 2.91. The van der Waals surface area contributed by atoms with Gasteiger partial charge in [-0.3, -0.25) is 4.90 Å². The van der Waals surface area contributed by atoms with Crippen molar-refractivity contribution in [2.45, 2.75) is 31.7 Å². The topological polar surface area (TPSA) is 27.0 Å². The van der Waals surface area contributed by atoms with E-state index in [0.717, 1.165) is 0 Å². The molecule has 0 unspecified atom stereocenters. The largest absolute Gasteiger partial charge is 0.289 e. The Bertz CT molecular complexity index is 276. The smallest absolute Gasteiger partial charge is 0.261 e. The van der Waals surface area contributed by atoms with Crippen LogP contribution in [0.5, 0.6) is 0 Å². The Morgan fingerprint density at radius 1 is 1.50 bits per heavy atom. The van der Waals surface area contributed by atoms with Crippen molar-refractivity contribution in [3.05, 3.63) is 12.2 Å². The quantitative estimate of drug-likeness (QED) is 0.639. The molecule has 0 bridgehead atoms. The first-order chi connectivity index (χ1) is 6.37. The van der Waals surface area contributed by atoms with Crippen molar-refractivity contribution in [3.63, 3.8) is 0 Å². The summed E-state index contributed by atoms with van der Waals surface area (Å²) in [6.45, 7) is 3.84. The fourth-order valence-corrected chi connectivity index (χ4v) is 1.57. The highest BCUT2D eigenvalue weighted by atomic mass is 19.3. The van der Waals surface area contributed by atoms with Gasteiger partial charge < -0.3 is 0 Å². The van der Waals surface area contributed by atoms with Gasteiger partial charge in [-0.25, -0.2) is 8.78 Å². The maximum Gasteiger partial charge on any atom is 0.261 e. The van der Waals surface area contributed by atoms with Gasteiger partial charge in [-0.1, -0.05) is 6.08 Å². The van der Waals surface area contributed by atoms with Crippen LogP contribution in [0.3, 0.4) is 0 Å². The first-order valence-corrected chi connectivity index (χ1v) is 4.58. The minimum atomic E-state index is -2.57. The molecule has 1 fully saturated rings. The van der Waals surface area contributed by atoms with Gasteiger partial charge in [0.25, 0.3) is 5.92 Å². The minimum absolute atomic E-state index is 0.0865. The van der Waals surface area contributed by atoms with Crippen LogP contribution >= 0.6 is 0 Å². The molecule has 1 rings (SSSR count). The number of halogens is 2. The summed E-state index contributed by atoms with van der Waals surface area (Å²) in [4.78, 5) is 1.70. The fourth-order valence-electron chi connectivity index (χ4n) is 1.57. The molecule has 0 spiro atoms. The van der Waals surface area contributed by atoms with Crippen LogP contribution in [0.1, 0.15) is 20.3 Å². The molecule has 2 nitrogen and oxygen atoms in total. The van der Waals surface area contributed by atoms with Crippen LogP contribution in [0, 0.1) is 11.3 Å². The number of hydrogen-bond acceptors (Lipinski definition) is 2. The van der Waals surface area contributed by atoms with Gasteiger partial charge in [0.2, 0.25) is 0 Å². The molecule has 0 radical (unpaired) electrons. The lowest BCUT2D eigenvalue weighted by molar-refractivity contribution is 0.00437. The molecule has 1 aliphatic rings. The molecule has 0 aromatic carbocycles. The van der Waals surface area contributed by atoms with Crippen molar-refractivity contribution in [2.75, 3.05) is 13.1 Å². The summed E-state index contributed by atoms with van der Waals surface area (Å²) in [5.41, 5.74) is -0.463. The van der Waals surface area contributed by atoms with E-state index in [2.05, 4.69) is 0 Å². The van der Waals surface area contributed by atoms with Crippen LogP contribution in [0.2, 0.25) is 0 Å².